The summed E-state index contributed by atoms with van der Waals surface area (Å²) in [5.74, 6) is -1.24. The molecule has 0 fully saturated rings. The fourth-order valence-corrected chi connectivity index (χ4v) is 2.33. The molecule has 0 aliphatic carbocycles. The second-order valence-electron chi connectivity index (χ2n) is 4.35. The Balaban J connectivity index is 2.57. The highest BCUT2D eigenvalue weighted by molar-refractivity contribution is 7.89. The van der Waals surface area contributed by atoms with Gasteiger partial charge in [-0.15, -0.1) is 0 Å². The van der Waals surface area contributed by atoms with Crippen LogP contribution in [0.25, 0.3) is 0 Å². The average molecular weight is 286 g/mol. The number of aliphatic carboxylic acids is 1. The molecule has 1 unspecified atom stereocenters. The SMILES string of the molecule is CC(CCCNc1ccccc1S(N)(=O)=O)C(=O)O. The van der Waals surface area contributed by atoms with Crippen molar-refractivity contribution in [2.45, 2.75) is 24.7 Å². The number of nitrogens with one attached hydrogen (secondary N) is 1. The Morgan fingerprint density at radius 1 is 1.42 bits per heavy atom. The second-order valence-corrected chi connectivity index (χ2v) is 5.88. The molecular weight excluding hydrogens is 268 g/mol. The maximum atomic E-state index is 11.3. The van der Waals surface area contributed by atoms with Crippen LogP contribution in [0.4, 0.5) is 5.69 Å². The van der Waals surface area contributed by atoms with Gasteiger partial charge in [0.25, 0.3) is 0 Å². The van der Waals surface area contributed by atoms with Crippen molar-refractivity contribution in [3.8, 4) is 0 Å². The van der Waals surface area contributed by atoms with E-state index in [9.17, 15) is 13.2 Å². The van der Waals surface area contributed by atoms with E-state index in [1.165, 1.54) is 6.07 Å². The Bertz CT molecular complexity index is 542. The number of sulfonamides is 1. The van der Waals surface area contributed by atoms with Crippen molar-refractivity contribution in [1.82, 2.24) is 0 Å². The summed E-state index contributed by atoms with van der Waals surface area (Å²) >= 11 is 0. The molecule has 0 spiro atoms. The van der Waals surface area contributed by atoms with Gasteiger partial charge < -0.3 is 10.4 Å². The van der Waals surface area contributed by atoms with Gasteiger partial charge >= 0.3 is 5.97 Å². The van der Waals surface area contributed by atoms with E-state index in [1.54, 1.807) is 25.1 Å². The minimum atomic E-state index is -3.76. The number of primary sulfonamides is 1. The Labute approximate surface area is 112 Å². The highest BCUT2D eigenvalue weighted by Crippen LogP contribution is 2.19. The van der Waals surface area contributed by atoms with E-state index in [2.05, 4.69) is 5.32 Å². The number of hydrogen-bond donors (Lipinski definition) is 3. The summed E-state index contributed by atoms with van der Waals surface area (Å²) in [4.78, 5) is 10.7. The maximum Gasteiger partial charge on any atom is 0.306 e. The fraction of sp³-hybridized carbons (Fsp3) is 0.417. The Morgan fingerprint density at radius 2 is 2.05 bits per heavy atom. The first-order valence-corrected chi connectivity index (χ1v) is 7.45. The zero-order valence-corrected chi connectivity index (χ0v) is 11.5. The lowest BCUT2D eigenvalue weighted by atomic mass is 10.1. The van der Waals surface area contributed by atoms with Gasteiger partial charge in [-0.3, -0.25) is 4.79 Å². The third-order valence-electron chi connectivity index (χ3n) is 2.74. The molecule has 1 rings (SSSR count). The topological polar surface area (TPSA) is 109 Å². The summed E-state index contributed by atoms with van der Waals surface area (Å²) in [7, 11) is -3.76. The monoisotopic (exact) mass is 286 g/mol. The highest BCUT2D eigenvalue weighted by atomic mass is 32.2. The van der Waals surface area contributed by atoms with Gasteiger partial charge in [0.15, 0.2) is 0 Å². The zero-order chi connectivity index (χ0) is 14.5. The van der Waals surface area contributed by atoms with E-state index < -0.39 is 21.9 Å². The number of benzene rings is 1. The third kappa shape index (κ3) is 4.88. The molecule has 7 heteroatoms. The van der Waals surface area contributed by atoms with Crippen LogP contribution in [0.5, 0.6) is 0 Å². The summed E-state index contributed by atoms with van der Waals surface area (Å²) in [6, 6.07) is 6.35. The molecular formula is C12H18N2O4S. The van der Waals surface area contributed by atoms with Crippen LogP contribution < -0.4 is 10.5 Å². The predicted molar refractivity (Wildman–Crippen MR) is 72.3 cm³/mol. The van der Waals surface area contributed by atoms with Crippen molar-refractivity contribution >= 4 is 21.7 Å². The smallest absolute Gasteiger partial charge is 0.306 e. The lowest BCUT2D eigenvalue weighted by Gasteiger charge is -2.11. The molecule has 0 saturated heterocycles. The first-order chi connectivity index (χ1) is 8.82. The second kappa shape index (κ2) is 6.53. The van der Waals surface area contributed by atoms with Crippen LogP contribution in [-0.2, 0) is 14.8 Å². The summed E-state index contributed by atoms with van der Waals surface area (Å²) in [5, 5.41) is 16.8. The average Bonchev–Trinajstić information content (AvgIpc) is 2.33. The molecule has 0 heterocycles. The largest absolute Gasteiger partial charge is 0.481 e. The molecule has 0 radical (unpaired) electrons. The minimum Gasteiger partial charge on any atom is -0.481 e. The number of carboxylic acids is 1. The predicted octanol–water partition coefficient (Wildman–Crippen LogP) is 1.25. The van der Waals surface area contributed by atoms with Crippen LogP contribution >= 0.6 is 0 Å². The molecule has 0 saturated carbocycles. The van der Waals surface area contributed by atoms with Crippen molar-refractivity contribution in [2.75, 3.05) is 11.9 Å². The van der Waals surface area contributed by atoms with E-state index in [4.69, 9.17) is 10.2 Å². The molecule has 0 bridgehead atoms. The number of hydrogen-bond acceptors (Lipinski definition) is 4. The molecule has 4 N–H and O–H groups in total. The molecule has 0 aliphatic heterocycles. The van der Waals surface area contributed by atoms with Crippen LogP contribution in [0, 0.1) is 5.92 Å². The number of carbonyl (C=O) groups is 1. The lowest BCUT2D eigenvalue weighted by molar-refractivity contribution is -0.141. The van der Waals surface area contributed by atoms with E-state index in [0.29, 0.717) is 25.1 Å². The van der Waals surface area contributed by atoms with E-state index in [-0.39, 0.29) is 4.90 Å². The van der Waals surface area contributed by atoms with Gasteiger partial charge in [-0.2, -0.15) is 0 Å². The van der Waals surface area contributed by atoms with Crippen molar-refractivity contribution in [3.05, 3.63) is 24.3 Å². The van der Waals surface area contributed by atoms with Gasteiger partial charge in [0, 0.05) is 6.54 Å². The molecule has 1 aromatic carbocycles. The summed E-state index contributed by atoms with van der Waals surface area (Å²) < 4.78 is 22.7. The standard InChI is InChI=1S/C12H18N2O4S/c1-9(12(15)16)5-4-8-14-10-6-2-3-7-11(10)19(13,17)18/h2-3,6-7,9,14H,4-5,8H2,1H3,(H,15,16)(H2,13,17,18). The summed E-state index contributed by atoms with van der Waals surface area (Å²) in [6.07, 6.45) is 1.16. The normalized spacial score (nSPS) is 12.9. The van der Waals surface area contributed by atoms with Gasteiger partial charge in [0.1, 0.15) is 4.90 Å². The van der Waals surface area contributed by atoms with Crippen LogP contribution in [0.3, 0.4) is 0 Å². The molecule has 1 aromatic rings. The van der Waals surface area contributed by atoms with Gasteiger partial charge in [-0.05, 0) is 25.0 Å². The summed E-state index contributed by atoms with van der Waals surface area (Å²) in [6.45, 7) is 2.13. The first kappa shape index (κ1) is 15.5. The third-order valence-corrected chi connectivity index (χ3v) is 3.71. The van der Waals surface area contributed by atoms with Crippen LogP contribution in [0.2, 0.25) is 0 Å². The zero-order valence-electron chi connectivity index (χ0n) is 10.7. The molecule has 106 valence electrons. The van der Waals surface area contributed by atoms with Crippen molar-refractivity contribution < 1.29 is 18.3 Å². The Morgan fingerprint density at radius 3 is 2.63 bits per heavy atom. The van der Waals surface area contributed by atoms with Gasteiger partial charge in [-0.25, -0.2) is 13.6 Å². The van der Waals surface area contributed by atoms with Crippen LogP contribution in [0.1, 0.15) is 19.8 Å². The molecule has 1 atom stereocenters. The quantitative estimate of drug-likeness (QED) is 0.653. The molecule has 6 nitrogen and oxygen atoms in total. The number of anilines is 1. The molecule has 0 aliphatic rings. The summed E-state index contributed by atoms with van der Waals surface area (Å²) in [5.41, 5.74) is 0.438. The first-order valence-electron chi connectivity index (χ1n) is 5.91. The molecule has 0 amide bonds. The van der Waals surface area contributed by atoms with Crippen LogP contribution in [0.15, 0.2) is 29.2 Å². The Hall–Kier alpha value is -1.60. The van der Waals surface area contributed by atoms with Crippen LogP contribution in [-0.4, -0.2) is 26.0 Å². The maximum absolute atomic E-state index is 11.3. The van der Waals surface area contributed by atoms with E-state index >= 15 is 0 Å². The number of para-hydroxylation sites is 1. The van der Waals surface area contributed by atoms with E-state index in [1.807, 2.05) is 0 Å². The fourth-order valence-electron chi connectivity index (χ4n) is 1.62. The van der Waals surface area contributed by atoms with Crippen molar-refractivity contribution in [2.24, 2.45) is 11.1 Å². The highest BCUT2D eigenvalue weighted by Gasteiger charge is 2.13. The number of carboxylic acid groups (broad SMARTS) is 1. The van der Waals surface area contributed by atoms with Crippen molar-refractivity contribution in [1.29, 1.82) is 0 Å². The minimum absolute atomic E-state index is 0.0429. The van der Waals surface area contributed by atoms with Gasteiger partial charge in [-0.1, -0.05) is 19.1 Å². The van der Waals surface area contributed by atoms with Gasteiger partial charge in [0.2, 0.25) is 10.0 Å². The molecule has 19 heavy (non-hydrogen) atoms. The van der Waals surface area contributed by atoms with E-state index in [0.717, 1.165) is 0 Å². The number of nitrogens with two attached hydrogens (primary N) is 1. The Kier molecular flexibility index (Phi) is 5.31. The number of rotatable bonds is 7. The lowest BCUT2D eigenvalue weighted by Crippen LogP contribution is -2.16. The molecule has 0 aromatic heterocycles. The van der Waals surface area contributed by atoms with Gasteiger partial charge in [0.05, 0.1) is 11.6 Å². The van der Waals surface area contributed by atoms with Crippen molar-refractivity contribution in [3.63, 3.8) is 0 Å².